The van der Waals surface area contributed by atoms with Crippen LogP contribution in [-0.4, -0.2) is 21.2 Å². The van der Waals surface area contributed by atoms with Crippen LogP contribution in [-0.2, 0) is 26.2 Å². The second kappa shape index (κ2) is 7.95. The minimum absolute atomic E-state index is 0. The maximum atomic E-state index is 3.40. The van der Waals surface area contributed by atoms with Crippen molar-refractivity contribution >= 4 is 21.2 Å². The molecular weight excluding hydrogens is 455 g/mol. The van der Waals surface area contributed by atoms with Gasteiger partial charge < -0.3 is 2.85 Å². The Labute approximate surface area is 121 Å². The van der Waals surface area contributed by atoms with E-state index in [2.05, 4.69) is 43.8 Å². The molecule has 2 aliphatic carbocycles. The maximum Gasteiger partial charge on any atom is 2.00 e. The van der Waals surface area contributed by atoms with Gasteiger partial charge in [0.25, 0.3) is 0 Å². The van der Waals surface area contributed by atoms with Crippen molar-refractivity contribution < 1.29 is 29.1 Å². The zero-order valence-electron chi connectivity index (χ0n) is 11.8. The monoisotopic (exact) mass is 474 g/mol. The van der Waals surface area contributed by atoms with Gasteiger partial charge in [0.1, 0.15) is 0 Å². The Kier molecular flexibility index (Phi) is 8.35. The third-order valence-corrected chi connectivity index (χ3v) is 9.71. The van der Waals surface area contributed by atoms with Gasteiger partial charge in [-0.15, -0.1) is 6.42 Å². The summed E-state index contributed by atoms with van der Waals surface area (Å²) in [5.74, 6) is 0. The molecule has 0 aromatic rings. The Morgan fingerprint density at radius 1 is 1.20 bits per heavy atom. The molecule has 0 saturated heterocycles. The Hall–Kier alpha value is 0.765. The van der Waals surface area contributed by atoms with Crippen molar-refractivity contribution in [1.82, 2.24) is 0 Å². The molecule has 0 bridgehead atoms. The zero-order valence-corrected chi connectivity index (χ0v) is 16.1. The molecule has 2 rings (SSSR count). The Morgan fingerprint density at radius 3 is 2.13 bits per heavy atom. The molecule has 0 nitrogen and oxygen atoms in total. The van der Waals surface area contributed by atoms with Crippen LogP contribution in [0.2, 0.25) is 13.4 Å². The summed E-state index contributed by atoms with van der Waals surface area (Å²) in [6.45, 7) is 0. The van der Waals surface area contributed by atoms with Gasteiger partial charge in [-0.25, -0.2) is 12.2 Å². The summed E-state index contributed by atoms with van der Waals surface area (Å²) in [6.07, 6.45) is 18.9. The first-order chi connectivity index (χ1) is 6.61. The quantitative estimate of drug-likeness (QED) is 0.397. The Balaban J connectivity index is -0.000000216. The fourth-order valence-corrected chi connectivity index (χ4v) is 6.12. The second-order valence-corrected chi connectivity index (χ2v) is 24.0. The van der Waals surface area contributed by atoms with E-state index in [1.807, 2.05) is 12.2 Å². The topological polar surface area (TPSA) is 0 Å². The van der Waals surface area contributed by atoms with Crippen LogP contribution in [0, 0.1) is 12.2 Å². The van der Waals surface area contributed by atoms with Crippen LogP contribution < -0.4 is 0 Å². The van der Waals surface area contributed by atoms with Crippen molar-refractivity contribution in [3.05, 3.63) is 45.7 Å². The van der Waals surface area contributed by atoms with Gasteiger partial charge in [0, 0.05) is 0 Å². The van der Waals surface area contributed by atoms with Crippen molar-refractivity contribution in [3.63, 3.8) is 0 Å². The average molecular weight is 475 g/mol. The number of hydrogen-bond acceptors (Lipinski definition) is 0. The molecule has 0 N–H and O–H groups in total. The molecule has 2 heteroatoms. The van der Waals surface area contributed by atoms with E-state index in [1.165, 1.54) is 0 Å². The van der Waals surface area contributed by atoms with E-state index in [4.69, 9.17) is 0 Å². The van der Waals surface area contributed by atoms with Gasteiger partial charge in [0.2, 0.25) is 0 Å². The number of hydrogen-bond donors (Lipinski definition) is 0. The first-order valence-electron chi connectivity index (χ1n) is 5.10. The molecule has 0 aromatic heterocycles. The van der Waals surface area contributed by atoms with Crippen LogP contribution in [0.25, 0.3) is 0 Å². The van der Waals surface area contributed by atoms with Crippen LogP contribution >= 0.6 is 0 Å². The minimum Gasteiger partial charge on any atom is -1.00 e. The summed E-state index contributed by atoms with van der Waals surface area (Å²) >= 11 is -1.79. The Bertz CT molecular complexity index is 289. The van der Waals surface area contributed by atoms with Gasteiger partial charge in [0.15, 0.2) is 0 Å². The van der Waals surface area contributed by atoms with E-state index in [0.29, 0.717) is 0 Å². The molecule has 0 spiro atoms. The van der Waals surface area contributed by atoms with Crippen molar-refractivity contribution in [2.75, 3.05) is 0 Å². The smallest absolute Gasteiger partial charge is 1.00 e. The molecule has 0 saturated carbocycles. The second-order valence-electron chi connectivity index (χ2n) is 4.45. The summed E-state index contributed by atoms with van der Waals surface area (Å²) in [5.41, 5.74) is 0. The van der Waals surface area contributed by atoms with Crippen LogP contribution in [0.4, 0.5) is 0 Å². The predicted octanol–water partition coefficient (Wildman–Crippen LogP) is 4.08. The molecule has 2 aliphatic rings. The molecule has 0 radical (unpaired) electrons. The molecular formula is C13H20PbZr-2. The first-order valence-corrected chi connectivity index (χ1v) is 18.7. The van der Waals surface area contributed by atoms with Crippen LogP contribution in [0.1, 0.15) is 15.7 Å². The largest absolute Gasteiger partial charge is 2.00 e. The molecule has 82 valence electrons. The van der Waals surface area contributed by atoms with E-state index in [1.54, 1.807) is 3.13 Å². The molecule has 15 heavy (non-hydrogen) atoms. The summed E-state index contributed by atoms with van der Waals surface area (Å²) in [6, 6.07) is 0. The van der Waals surface area contributed by atoms with Gasteiger partial charge in [0.05, 0.1) is 0 Å². The molecule has 0 atom stereocenters. The zero-order chi connectivity index (χ0) is 10.4. The molecule has 0 unspecified atom stereocenters. The molecule has 0 aliphatic heterocycles. The van der Waals surface area contributed by atoms with Crippen molar-refractivity contribution in [1.29, 1.82) is 0 Å². The maximum absolute atomic E-state index is 3.40. The van der Waals surface area contributed by atoms with E-state index in [0.717, 1.165) is 12.8 Å². The van der Waals surface area contributed by atoms with Gasteiger partial charge in [-0.3, -0.25) is 6.08 Å². The van der Waals surface area contributed by atoms with Gasteiger partial charge in [-0.05, 0) is 0 Å². The number of rotatable bonds is 1. The third-order valence-electron chi connectivity index (χ3n) is 2.09. The van der Waals surface area contributed by atoms with E-state index >= 15 is 0 Å². The summed E-state index contributed by atoms with van der Waals surface area (Å²) in [7, 11) is 0. The van der Waals surface area contributed by atoms with E-state index in [9.17, 15) is 0 Å². The molecule has 0 aromatic carbocycles. The number of allylic oxidation sites excluding steroid dienone is 8. The SMILES string of the molecule is [C-]1=CC=CC1.[CH3][Pb]([CH3])([CH3])[C]1=[C-]CC=C1.[H-].[H-].[Zr+2]. The molecule has 0 amide bonds. The summed E-state index contributed by atoms with van der Waals surface area (Å²) in [4.78, 5) is 0. The van der Waals surface area contributed by atoms with Gasteiger partial charge in [-0.1, -0.05) is 0 Å². The van der Waals surface area contributed by atoms with Crippen LogP contribution in [0.15, 0.2) is 33.5 Å². The average Bonchev–Trinajstić information content (AvgIpc) is 2.80. The molecule has 0 heterocycles. The fraction of sp³-hybridized carbons (Fsp3) is 0.385. The molecule has 0 fully saturated rings. The van der Waals surface area contributed by atoms with Gasteiger partial charge in [-0.2, -0.15) is 6.08 Å². The van der Waals surface area contributed by atoms with Crippen LogP contribution in [0.5, 0.6) is 0 Å². The van der Waals surface area contributed by atoms with E-state index in [-0.39, 0.29) is 29.1 Å². The summed E-state index contributed by atoms with van der Waals surface area (Å²) < 4.78 is 8.88. The third kappa shape index (κ3) is 6.83. The first kappa shape index (κ1) is 15.8. The predicted molar refractivity (Wildman–Crippen MR) is 67.7 cm³/mol. The van der Waals surface area contributed by atoms with Crippen molar-refractivity contribution in [3.8, 4) is 0 Å². The van der Waals surface area contributed by atoms with E-state index < -0.39 is 21.2 Å². The minimum atomic E-state index is -1.79. The normalized spacial score (nSPS) is 16.9. The van der Waals surface area contributed by atoms with Gasteiger partial charge >= 0.3 is 88.6 Å². The van der Waals surface area contributed by atoms with Crippen molar-refractivity contribution in [2.24, 2.45) is 0 Å². The summed E-state index contributed by atoms with van der Waals surface area (Å²) in [5, 5.41) is 0. The standard InChI is InChI=1S/C5H5.C5H4.3CH3.Pb.Zr.2H/c2*1-2-4-5-3-1;;;;;;;/h1-3H,4H2;1-2H,3H2;3*1H3;;;;/q2*-1;;;;;+2;2*-1. The van der Waals surface area contributed by atoms with Crippen LogP contribution in [0.3, 0.4) is 0 Å². The van der Waals surface area contributed by atoms with Crippen molar-refractivity contribution in [2.45, 2.75) is 26.3 Å². The Morgan fingerprint density at radius 2 is 1.93 bits per heavy atom. The fourth-order valence-electron chi connectivity index (χ4n) is 1.26.